The van der Waals surface area contributed by atoms with Gasteiger partial charge in [-0.3, -0.25) is 0 Å². The molecule has 2 aromatic rings. The van der Waals surface area contributed by atoms with Crippen LogP contribution in [0.2, 0.25) is 10.3 Å². The topological polar surface area (TPSA) is 41.9 Å². The highest BCUT2D eigenvalue weighted by atomic mass is 35.5. The van der Waals surface area contributed by atoms with Gasteiger partial charge in [0.15, 0.2) is 0 Å². The lowest BCUT2D eigenvalue weighted by atomic mass is 10.3. The Labute approximate surface area is 119 Å². The van der Waals surface area contributed by atoms with Gasteiger partial charge in [0.1, 0.15) is 12.1 Å². The first kappa shape index (κ1) is 13.7. The maximum Gasteiger partial charge on any atom is 0.234 e. The van der Waals surface area contributed by atoms with Gasteiger partial charge >= 0.3 is 0 Å². The van der Waals surface area contributed by atoms with Crippen LogP contribution in [0.25, 0.3) is 0 Å². The van der Waals surface area contributed by atoms with E-state index >= 15 is 0 Å². The zero-order chi connectivity index (χ0) is 13.8. The predicted molar refractivity (Wildman–Crippen MR) is 73.5 cm³/mol. The molecule has 0 atom stereocenters. The average Bonchev–Trinajstić information content (AvgIpc) is 2.39. The van der Waals surface area contributed by atoms with Gasteiger partial charge in [-0.05, 0) is 29.8 Å². The molecule has 0 saturated heterocycles. The van der Waals surface area contributed by atoms with Crippen molar-refractivity contribution in [3.05, 3.63) is 53.3 Å². The van der Waals surface area contributed by atoms with Gasteiger partial charge in [-0.25, -0.2) is 14.4 Å². The van der Waals surface area contributed by atoms with Crippen LogP contribution in [-0.2, 0) is 0 Å². The van der Waals surface area contributed by atoms with Gasteiger partial charge in [0.05, 0.1) is 5.02 Å². The van der Waals surface area contributed by atoms with Gasteiger partial charge in [-0.1, -0.05) is 17.7 Å². The second-order valence-electron chi connectivity index (χ2n) is 3.55. The van der Waals surface area contributed by atoms with Gasteiger partial charge in [-0.2, -0.15) is 4.98 Å². The summed E-state index contributed by atoms with van der Waals surface area (Å²) in [5, 5.41) is 0.0963. The van der Waals surface area contributed by atoms with Crippen LogP contribution in [0.5, 0.6) is 0 Å². The first-order chi connectivity index (χ1) is 9.11. The maximum absolute atomic E-state index is 13.2. The Morgan fingerprint density at radius 1 is 1.32 bits per heavy atom. The molecule has 0 spiro atoms. The first-order valence-electron chi connectivity index (χ1n) is 5.30. The summed E-state index contributed by atoms with van der Waals surface area (Å²) in [5.41, 5.74) is 0.633. The lowest BCUT2D eigenvalue weighted by Gasteiger charge is -2.21. The Kier molecular flexibility index (Phi) is 4.29. The molecule has 1 aromatic heterocycles. The molecule has 4 nitrogen and oxygen atoms in total. The van der Waals surface area contributed by atoms with Crippen LogP contribution in [0.1, 0.15) is 0 Å². The van der Waals surface area contributed by atoms with Gasteiger partial charge in [0.25, 0.3) is 0 Å². The SMILES string of the molecule is C=CCN(c1ccc(F)c(Cl)c1)c1ncnc(Cl)n1. The highest BCUT2D eigenvalue weighted by Gasteiger charge is 2.13. The minimum Gasteiger partial charge on any atom is -0.307 e. The zero-order valence-electron chi connectivity index (χ0n) is 9.72. The summed E-state index contributed by atoms with van der Waals surface area (Å²) in [6.07, 6.45) is 2.96. The standard InChI is InChI=1S/C12H9Cl2FN4/c1-2-5-19(12-17-7-16-11(14)18-12)8-3-4-10(15)9(13)6-8/h2-4,6-7H,1,5H2. The molecule has 0 amide bonds. The molecule has 7 heteroatoms. The minimum absolute atomic E-state index is 0.0201. The number of anilines is 2. The maximum atomic E-state index is 13.2. The van der Waals surface area contributed by atoms with Gasteiger partial charge in [0, 0.05) is 12.2 Å². The largest absolute Gasteiger partial charge is 0.307 e. The fourth-order valence-electron chi connectivity index (χ4n) is 1.48. The Hall–Kier alpha value is -1.72. The highest BCUT2D eigenvalue weighted by molar-refractivity contribution is 6.31. The highest BCUT2D eigenvalue weighted by Crippen LogP contribution is 2.26. The van der Waals surface area contributed by atoms with E-state index in [0.717, 1.165) is 0 Å². The molecule has 0 unspecified atom stereocenters. The molecule has 0 aliphatic rings. The first-order valence-corrected chi connectivity index (χ1v) is 6.05. The third-order valence-electron chi connectivity index (χ3n) is 2.30. The summed E-state index contributed by atoms with van der Waals surface area (Å²) in [6.45, 7) is 4.08. The van der Waals surface area contributed by atoms with Crippen LogP contribution in [0.4, 0.5) is 16.0 Å². The van der Waals surface area contributed by atoms with Crippen molar-refractivity contribution in [2.24, 2.45) is 0 Å². The predicted octanol–water partition coefficient (Wildman–Crippen LogP) is 3.64. The molecular weight excluding hydrogens is 290 g/mol. The van der Waals surface area contributed by atoms with E-state index in [1.54, 1.807) is 17.0 Å². The van der Waals surface area contributed by atoms with E-state index in [1.807, 2.05) is 0 Å². The molecule has 1 heterocycles. The Balaban J connectivity index is 2.44. The monoisotopic (exact) mass is 298 g/mol. The van der Waals surface area contributed by atoms with Crippen molar-refractivity contribution in [3.63, 3.8) is 0 Å². The number of aromatic nitrogens is 3. The third-order valence-corrected chi connectivity index (χ3v) is 2.77. The molecule has 98 valence electrons. The number of benzene rings is 1. The molecular formula is C12H9Cl2FN4. The van der Waals surface area contributed by atoms with Crippen LogP contribution in [0.15, 0.2) is 37.2 Å². The van der Waals surface area contributed by atoms with E-state index < -0.39 is 5.82 Å². The minimum atomic E-state index is -0.488. The van der Waals surface area contributed by atoms with E-state index in [2.05, 4.69) is 21.5 Å². The smallest absolute Gasteiger partial charge is 0.234 e. The molecule has 0 aliphatic carbocycles. The van der Waals surface area contributed by atoms with Crippen molar-refractivity contribution in [2.75, 3.05) is 11.4 Å². The summed E-state index contributed by atoms with van der Waals surface area (Å²) in [5.74, 6) is -0.153. The summed E-state index contributed by atoms with van der Waals surface area (Å²) in [6, 6.07) is 4.33. The second-order valence-corrected chi connectivity index (χ2v) is 4.30. The molecule has 0 fully saturated rings. The van der Waals surface area contributed by atoms with Crippen LogP contribution < -0.4 is 4.90 Å². The van der Waals surface area contributed by atoms with Crippen molar-refractivity contribution in [1.29, 1.82) is 0 Å². The van der Waals surface area contributed by atoms with Gasteiger partial charge in [-0.15, -0.1) is 6.58 Å². The van der Waals surface area contributed by atoms with E-state index in [-0.39, 0.29) is 10.3 Å². The number of hydrogen-bond donors (Lipinski definition) is 0. The van der Waals surface area contributed by atoms with Crippen LogP contribution >= 0.6 is 23.2 Å². The molecule has 0 aliphatic heterocycles. The number of rotatable bonds is 4. The number of halogens is 3. The van der Waals surface area contributed by atoms with Gasteiger partial charge in [0.2, 0.25) is 11.2 Å². The van der Waals surface area contributed by atoms with E-state index in [0.29, 0.717) is 18.2 Å². The van der Waals surface area contributed by atoms with Crippen molar-refractivity contribution in [1.82, 2.24) is 15.0 Å². The molecule has 0 radical (unpaired) electrons. The Bertz CT molecular complexity index is 606. The number of nitrogens with zero attached hydrogens (tertiary/aromatic N) is 4. The van der Waals surface area contributed by atoms with E-state index in [4.69, 9.17) is 23.2 Å². The van der Waals surface area contributed by atoms with Crippen molar-refractivity contribution < 1.29 is 4.39 Å². The second kappa shape index (κ2) is 5.95. The fraction of sp³-hybridized carbons (Fsp3) is 0.0833. The lowest BCUT2D eigenvalue weighted by Crippen LogP contribution is -2.19. The molecule has 0 N–H and O–H groups in total. The van der Waals surface area contributed by atoms with Crippen LogP contribution in [0, 0.1) is 5.82 Å². The van der Waals surface area contributed by atoms with Gasteiger partial charge < -0.3 is 4.90 Å². The summed E-state index contributed by atoms with van der Waals surface area (Å²) in [7, 11) is 0. The van der Waals surface area contributed by atoms with Crippen molar-refractivity contribution in [3.8, 4) is 0 Å². The fourth-order valence-corrected chi connectivity index (χ4v) is 1.78. The van der Waals surface area contributed by atoms with E-state index in [9.17, 15) is 4.39 Å². The van der Waals surface area contributed by atoms with Crippen LogP contribution in [0.3, 0.4) is 0 Å². The molecule has 19 heavy (non-hydrogen) atoms. The Morgan fingerprint density at radius 3 is 2.74 bits per heavy atom. The van der Waals surface area contributed by atoms with Crippen molar-refractivity contribution in [2.45, 2.75) is 0 Å². The summed E-state index contributed by atoms with van der Waals surface area (Å²) < 4.78 is 13.2. The third kappa shape index (κ3) is 3.19. The molecule has 1 aromatic carbocycles. The normalized spacial score (nSPS) is 10.3. The van der Waals surface area contributed by atoms with Crippen molar-refractivity contribution >= 4 is 34.8 Å². The van der Waals surface area contributed by atoms with Crippen LogP contribution in [-0.4, -0.2) is 21.5 Å². The van der Waals surface area contributed by atoms with E-state index in [1.165, 1.54) is 18.5 Å². The molecule has 0 bridgehead atoms. The summed E-state index contributed by atoms with van der Waals surface area (Å²) in [4.78, 5) is 13.4. The Morgan fingerprint density at radius 2 is 2.11 bits per heavy atom. The average molecular weight is 299 g/mol. The molecule has 0 saturated carbocycles. The molecule has 2 rings (SSSR count). The quantitative estimate of drug-likeness (QED) is 0.808. The number of hydrogen-bond acceptors (Lipinski definition) is 4. The lowest BCUT2D eigenvalue weighted by molar-refractivity contribution is 0.628. The zero-order valence-corrected chi connectivity index (χ0v) is 11.2. The summed E-state index contributed by atoms with van der Waals surface area (Å²) >= 11 is 11.5.